The van der Waals surface area contributed by atoms with Crippen molar-refractivity contribution in [1.82, 2.24) is 0 Å². The van der Waals surface area contributed by atoms with E-state index in [2.05, 4.69) is 47.8 Å². The minimum Gasteiger partial charge on any atom is -0.746 e. The Balaban J connectivity index is 0. The van der Waals surface area contributed by atoms with Crippen LogP contribution >= 0.6 is 47.8 Å². The third-order valence-electron chi connectivity index (χ3n) is 0.283. The summed E-state index contributed by atoms with van der Waals surface area (Å²) in [5.41, 5.74) is 0. The molecular weight excluding hydrogens is 371 g/mol. The fourth-order valence-corrected chi connectivity index (χ4v) is 0. The van der Waals surface area contributed by atoms with Gasteiger partial charge in [0.05, 0.1) is 0 Å². The van der Waals surface area contributed by atoms with Crippen molar-refractivity contribution in [2.45, 2.75) is 1.47 Å². The second kappa shape index (κ2) is 4.88. The molecule has 0 spiro atoms. The van der Waals surface area contributed by atoms with Crippen molar-refractivity contribution >= 4 is 57.9 Å². The molecule has 0 saturated heterocycles. The van der Waals surface area contributed by atoms with Crippen LogP contribution in [-0.2, 0) is 10.1 Å². The zero-order valence-electron chi connectivity index (χ0n) is 4.27. The van der Waals surface area contributed by atoms with E-state index in [4.69, 9.17) is 0 Å². The average Bonchev–Trinajstić information content (AvgIpc) is 1.25. The van der Waals surface area contributed by atoms with E-state index in [0.717, 1.165) is 0 Å². The normalized spacial score (nSPS) is 12.4. The molecule has 0 rings (SSSR count). The molecule has 0 saturated carbocycles. The molecular formula is CBr3KO3S. The number of alkyl halides is 3. The van der Waals surface area contributed by atoms with E-state index in [1.165, 1.54) is 0 Å². The van der Waals surface area contributed by atoms with E-state index in [1.54, 1.807) is 0 Å². The number of hydrogen-bond acceptors (Lipinski definition) is 3. The van der Waals surface area contributed by atoms with E-state index in [0.29, 0.717) is 0 Å². The largest absolute Gasteiger partial charge is 1.00 e. The monoisotopic (exact) mass is 368 g/mol. The molecule has 0 atom stereocenters. The fraction of sp³-hybridized carbons (Fsp3) is 1.00. The Morgan fingerprint density at radius 2 is 1.33 bits per heavy atom. The van der Waals surface area contributed by atoms with Crippen molar-refractivity contribution in [3.8, 4) is 0 Å². The minimum absolute atomic E-state index is 0. The summed E-state index contributed by atoms with van der Waals surface area (Å²) in [4.78, 5) is 0. The molecule has 0 fully saturated rings. The van der Waals surface area contributed by atoms with Gasteiger partial charge in [0.15, 0.2) is 0 Å². The Kier molecular flexibility index (Phi) is 7.86. The molecule has 0 aromatic rings. The zero-order chi connectivity index (χ0) is 7.00. The molecule has 0 aliphatic carbocycles. The first-order chi connectivity index (χ1) is 3.25. The van der Waals surface area contributed by atoms with Gasteiger partial charge in [-0.05, 0) is 47.8 Å². The van der Waals surface area contributed by atoms with Gasteiger partial charge in [-0.2, -0.15) is 0 Å². The van der Waals surface area contributed by atoms with Crippen LogP contribution in [0.4, 0.5) is 0 Å². The number of hydrogen-bond donors (Lipinski definition) is 0. The molecule has 0 radical (unpaired) electrons. The maximum absolute atomic E-state index is 9.96. The predicted octanol–water partition coefficient (Wildman–Crippen LogP) is -1.67. The predicted molar refractivity (Wildman–Crippen MR) is 39.2 cm³/mol. The third-order valence-corrected chi connectivity index (χ3v) is 4.42. The van der Waals surface area contributed by atoms with Crippen molar-refractivity contribution in [1.29, 1.82) is 0 Å². The van der Waals surface area contributed by atoms with Gasteiger partial charge in [-0.1, -0.05) is 0 Å². The Morgan fingerprint density at radius 1 is 1.22 bits per heavy atom. The maximum Gasteiger partial charge on any atom is 1.00 e. The summed E-state index contributed by atoms with van der Waals surface area (Å²) in [7, 11) is -4.34. The Bertz CT molecular complexity index is 168. The summed E-state index contributed by atoms with van der Waals surface area (Å²) >= 11 is 7.60. The van der Waals surface area contributed by atoms with Crippen LogP contribution in [0.2, 0.25) is 0 Å². The first-order valence-electron chi connectivity index (χ1n) is 1.27. The Morgan fingerprint density at radius 3 is 1.33 bits per heavy atom. The molecule has 0 aromatic heterocycles. The van der Waals surface area contributed by atoms with Gasteiger partial charge in [0.2, 0.25) is 1.47 Å². The summed E-state index contributed by atoms with van der Waals surface area (Å²) in [5, 5.41) is 0. The molecule has 0 aliphatic rings. The van der Waals surface area contributed by atoms with Crippen LogP contribution in [0.3, 0.4) is 0 Å². The SMILES string of the molecule is O=S(=O)([O-])C(Br)(Br)Br.[K+]. The van der Waals surface area contributed by atoms with Gasteiger partial charge in [-0.25, -0.2) is 8.42 Å². The summed E-state index contributed by atoms with van der Waals surface area (Å²) < 4.78 is 28.2. The van der Waals surface area contributed by atoms with E-state index in [9.17, 15) is 13.0 Å². The van der Waals surface area contributed by atoms with Crippen molar-refractivity contribution in [3.63, 3.8) is 0 Å². The van der Waals surface area contributed by atoms with E-state index < -0.39 is 11.6 Å². The summed E-state index contributed by atoms with van der Waals surface area (Å²) in [6.07, 6.45) is 0. The summed E-state index contributed by atoms with van der Waals surface area (Å²) in [6.45, 7) is 0. The molecule has 3 nitrogen and oxygen atoms in total. The van der Waals surface area contributed by atoms with Crippen molar-refractivity contribution in [2.24, 2.45) is 0 Å². The summed E-state index contributed by atoms with van der Waals surface area (Å²) in [6, 6.07) is 0. The van der Waals surface area contributed by atoms with Crippen LogP contribution in [0.25, 0.3) is 0 Å². The van der Waals surface area contributed by atoms with Crippen LogP contribution in [0.15, 0.2) is 0 Å². The quantitative estimate of drug-likeness (QED) is 0.291. The molecule has 8 heteroatoms. The molecule has 0 heterocycles. The van der Waals surface area contributed by atoms with Gasteiger partial charge < -0.3 is 4.55 Å². The van der Waals surface area contributed by atoms with Crippen LogP contribution in [-0.4, -0.2) is 14.4 Å². The van der Waals surface area contributed by atoms with Crippen LogP contribution in [0.5, 0.6) is 0 Å². The van der Waals surface area contributed by atoms with E-state index in [1.807, 2.05) is 0 Å². The van der Waals surface area contributed by atoms with Crippen LogP contribution in [0.1, 0.15) is 0 Å². The van der Waals surface area contributed by atoms with E-state index in [-0.39, 0.29) is 51.4 Å². The number of halogens is 3. The molecule has 50 valence electrons. The topological polar surface area (TPSA) is 57.2 Å². The van der Waals surface area contributed by atoms with Gasteiger partial charge in [0, 0.05) is 0 Å². The van der Waals surface area contributed by atoms with Crippen molar-refractivity contribution in [2.75, 3.05) is 0 Å². The van der Waals surface area contributed by atoms with Crippen LogP contribution < -0.4 is 51.4 Å². The standard InChI is InChI=1S/CHBr3O3S.K/c2-1(3,4)8(5,6)7;/h(H,5,6,7);/q;+1/p-1. The zero-order valence-corrected chi connectivity index (χ0v) is 13.0. The molecule has 0 amide bonds. The third kappa shape index (κ3) is 6.18. The fourth-order valence-electron chi connectivity index (χ4n) is 0. The molecule has 0 unspecified atom stereocenters. The van der Waals surface area contributed by atoms with Crippen LogP contribution in [0, 0.1) is 0 Å². The van der Waals surface area contributed by atoms with Crippen molar-refractivity contribution < 1.29 is 64.4 Å². The summed E-state index contributed by atoms with van der Waals surface area (Å²) in [5.74, 6) is 0. The van der Waals surface area contributed by atoms with Crippen molar-refractivity contribution in [3.05, 3.63) is 0 Å². The first kappa shape index (κ1) is 14.5. The smallest absolute Gasteiger partial charge is 0.746 e. The van der Waals surface area contributed by atoms with Gasteiger partial charge in [-0.15, -0.1) is 0 Å². The van der Waals surface area contributed by atoms with Gasteiger partial charge in [0.1, 0.15) is 10.1 Å². The minimum atomic E-state index is -4.34. The Hall–Kier alpha value is 2.99. The first-order valence-corrected chi connectivity index (χ1v) is 5.06. The molecule has 0 aromatic carbocycles. The van der Waals surface area contributed by atoms with Gasteiger partial charge >= 0.3 is 51.4 Å². The molecule has 0 aliphatic heterocycles. The van der Waals surface area contributed by atoms with Gasteiger partial charge in [0.25, 0.3) is 0 Å². The maximum atomic E-state index is 9.96. The molecule has 0 N–H and O–H groups in total. The average molecular weight is 371 g/mol. The molecule has 0 bridgehead atoms. The number of rotatable bonds is 0. The van der Waals surface area contributed by atoms with E-state index >= 15 is 0 Å². The second-order valence-corrected chi connectivity index (χ2v) is 10.8. The van der Waals surface area contributed by atoms with Gasteiger partial charge in [-0.3, -0.25) is 0 Å². The Labute approximate surface area is 121 Å². The second-order valence-electron chi connectivity index (χ2n) is 0.900. The molecule has 9 heavy (non-hydrogen) atoms.